The normalized spacial score (nSPS) is 10.3. The van der Waals surface area contributed by atoms with E-state index in [1.165, 1.54) is 11.1 Å². The second-order valence-corrected chi connectivity index (χ2v) is 4.21. The van der Waals surface area contributed by atoms with Gasteiger partial charge in [0, 0.05) is 22.0 Å². The molecule has 66 valence electrons. The van der Waals surface area contributed by atoms with E-state index in [0.717, 1.165) is 9.90 Å². The van der Waals surface area contributed by atoms with Gasteiger partial charge in [-0.3, -0.25) is 0 Å². The van der Waals surface area contributed by atoms with E-state index in [9.17, 15) is 0 Å². The first-order valence-corrected chi connectivity index (χ1v) is 5.29. The van der Waals surface area contributed by atoms with Crippen molar-refractivity contribution in [1.82, 2.24) is 4.98 Å². The zero-order valence-electron chi connectivity index (χ0n) is 7.19. The van der Waals surface area contributed by atoms with Crippen LogP contribution in [-0.2, 0) is 0 Å². The molecule has 0 aliphatic heterocycles. The first kappa shape index (κ1) is 8.78. The lowest BCUT2D eigenvalue weighted by molar-refractivity contribution is 1.30. The highest BCUT2D eigenvalue weighted by atomic mass is 32.1. The van der Waals surface area contributed by atoms with E-state index in [2.05, 4.69) is 30.6 Å². The molecule has 2 aromatic rings. The molecule has 0 fully saturated rings. The Kier molecular flexibility index (Phi) is 2.38. The summed E-state index contributed by atoms with van der Waals surface area (Å²) >= 11 is 5.98. The van der Waals surface area contributed by atoms with Gasteiger partial charge in [0.2, 0.25) is 0 Å². The smallest absolute Gasteiger partial charge is 0.123 e. The van der Waals surface area contributed by atoms with E-state index in [1.807, 2.05) is 23.7 Å². The van der Waals surface area contributed by atoms with Crippen LogP contribution < -0.4 is 0 Å². The third kappa shape index (κ3) is 1.76. The van der Waals surface area contributed by atoms with Gasteiger partial charge in [-0.15, -0.1) is 24.0 Å². The number of nitrogens with zero attached hydrogens (tertiary/aromatic N) is 1. The Labute approximate surface area is 86.9 Å². The molecule has 0 unspecified atom stereocenters. The minimum atomic E-state index is 1.03. The first-order chi connectivity index (χ1) is 6.27. The minimum Gasteiger partial charge on any atom is -0.245 e. The number of aromatic nitrogens is 1. The van der Waals surface area contributed by atoms with Gasteiger partial charge in [-0.1, -0.05) is 6.07 Å². The van der Waals surface area contributed by atoms with E-state index in [0.29, 0.717) is 0 Å². The van der Waals surface area contributed by atoms with Crippen molar-refractivity contribution in [2.24, 2.45) is 0 Å². The molecule has 1 heterocycles. The molecular weight excluding hydrogens is 198 g/mol. The molecule has 2 rings (SSSR count). The van der Waals surface area contributed by atoms with Gasteiger partial charge in [-0.25, -0.2) is 4.98 Å². The molecule has 0 amide bonds. The summed E-state index contributed by atoms with van der Waals surface area (Å²) in [5.41, 5.74) is 2.36. The molecule has 0 saturated carbocycles. The summed E-state index contributed by atoms with van der Waals surface area (Å²) in [5, 5.41) is 3.05. The molecule has 0 aliphatic rings. The molecule has 0 radical (unpaired) electrons. The van der Waals surface area contributed by atoms with Crippen LogP contribution in [0, 0.1) is 6.92 Å². The topological polar surface area (TPSA) is 12.9 Å². The predicted molar refractivity (Wildman–Crippen MR) is 59.5 cm³/mol. The van der Waals surface area contributed by atoms with E-state index >= 15 is 0 Å². The second-order valence-electron chi connectivity index (χ2n) is 2.84. The third-order valence-electron chi connectivity index (χ3n) is 1.88. The van der Waals surface area contributed by atoms with Crippen molar-refractivity contribution in [3.63, 3.8) is 0 Å². The Morgan fingerprint density at radius 1 is 1.38 bits per heavy atom. The number of aryl methyl sites for hydroxylation is 1. The fourth-order valence-corrected chi connectivity index (χ4v) is 1.93. The highest BCUT2D eigenvalue weighted by Crippen LogP contribution is 2.25. The number of benzene rings is 1. The van der Waals surface area contributed by atoms with Gasteiger partial charge in [0.1, 0.15) is 5.01 Å². The van der Waals surface area contributed by atoms with Crippen LogP contribution in [0.5, 0.6) is 0 Å². The van der Waals surface area contributed by atoms with Crippen molar-refractivity contribution in [3.8, 4) is 10.6 Å². The number of hydrogen-bond donors (Lipinski definition) is 1. The van der Waals surface area contributed by atoms with E-state index in [4.69, 9.17) is 0 Å². The van der Waals surface area contributed by atoms with Crippen molar-refractivity contribution in [2.45, 2.75) is 11.8 Å². The average molecular weight is 207 g/mol. The predicted octanol–water partition coefficient (Wildman–Crippen LogP) is 3.41. The summed E-state index contributed by atoms with van der Waals surface area (Å²) in [4.78, 5) is 5.28. The maximum Gasteiger partial charge on any atom is 0.123 e. The Morgan fingerprint density at radius 3 is 2.85 bits per heavy atom. The number of thiazole rings is 1. The van der Waals surface area contributed by atoms with Gasteiger partial charge < -0.3 is 0 Å². The Morgan fingerprint density at radius 2 is 2.23 bits per heavy atom. The largest absolute Gasteiger partial charge is 0.245 e. The zero-order valence-corrected chi connectivity index (χ0v) is 8.90. The lowest BCUT2D eigenvalue weighted by Crippen LogP contribution is -1.79. The summed E-state index contributed by atoms with van der Waals surface area (Å²) in [5.74, 6) is 0. The SMILES string of the molecule is Cc1cc(-c2nccs2)ccc1S. The highest BCUT2D eigenvalue weighted by molar-refractivity contribution is 7.80. The van der Waals surface area contributed by atoms with Crippen molar-refractivity contribution in [2.75, 3.05) is 0 Å². The van der Waals surface area contributed by atoms with Crippen LogP contribution in [0.2, 0.25) is 0 Å². The molecule has 3 heteroatoms. The van der Waals surface area contributed by atoms with Crippen LogP contribution in [0.1, 0.15) is 5.56 Å². The van der Waals surface area contributed by atoms with E-state index in [1.54, 1.807) is 11.3 Å². The standard InChI is InChI=1S/C10H9NS2/c1-7-6-8(2-3-9(7)12)10-11-4-5-13-10/h2-6,12H,1H3. The molecule has 1 nitrogen and oxygen atoms in total. The van der Waals surface area contributed by atoms with Gasteiger partial charge in [-0.2, -0.15) is 0 Å². The maximum absolute atomic E-state index is 4.33. The van der Waals surface area contributed by atoms with Crippen molar-refractivity contribution in [3.05, 3.63) is 35.3 Å². The molecular formula is C10H9NS2. The summed E-state index contributed by atoms with van der Waals surface area (Å²) in [6, 6.07) is 6.17. The molecule has 1 aromatic carbocycles. The van der Waals surface area contributed by atoms with Gasteiger partial charge >= 0.3 is 0 Å². The molecule has 1 aromatic heterocycles. The van der Waals surface area contributed by atoms with Gasteiger partial charge in [0.25, 0.3) is 0 Å². The van der Waals surface area contributed by atoms with Crippen LogP contribution in [0.25, 0.3) is 10.6 Å². The zero-order chi connectivity index (χ0) is 9.26. The third-order valence-corrected chi connectivity index (χ3v) is 3.20. The van der Waals surface area contributed by atoms with E-state index < -0.39 is 0 Å². The molecule has 0 saturated heterocycles. The van der Waals surface area contributed by atoms with Crippen LogP contribution in [0.15, 0.2) is 34.7 Å². The van der Waals surface area contributed by atoms with Crippen molar-refractivity contribution >= 4 is 24.0 Å². The second kappa shape index (κ2) is 3.52. The lowest BCUT2D eigenvalue weighted by atomic mass is 10.1. The molecule has 0 spiro atoms. The first-order valence-electron chi connectivity index (χ1n) is 3.97. The lowest BCUT2D eigenvalue weighted by Gasteiger charge is -2.00. The number of rotatable bonds is 1. The molecule has 0 bridgehead atoms. The molecule has 0 atom stereocenters. The van der Waals surface area contributed by atoms with Crippen LogP contribution >= 0.6 is 24.0 Å². The number of thiol groups is 1. The monoisotopic (exact) mass is 207 g/mol. The molecule has 0 N–H and O–H groups in total. The van der Waals surface area contributed by atoms with Crippen molar-refractivity contribution < 1.29 is 0 Å². The fraction of sp³-hybridized carbons (Fsp3) is 0.100. The Balaban J connectivity index is 2.49. The van der Waals surface area contributed by atoms with Gasteiger partial charge in [-0.05, 0) is 24.6 Å². The minimum absolute atomic E-state index is 1.03. The highest BCUT2D eigenvalue weighted by Gasteiger charge is 2.01. The summed E-state index contributed by atoms with van der Waals surface area (Å²) in [6.07, 6.45) is 1.82. The Bertz CT molecular complexity index is 407. The summed E-state index contributed by atoms with van der Waals surface area (Å²) < 4.78 is 0. The van der Waals surface area contributed by atoms with Gasteiger partial charge in [0.05, 0.1) is 0 Å². The molecule has 13 heavy (non-hydrogen) atoms. The quantitative estimate of drug-likeness (QED) is 0.707. The fourth-order valence-electron chi connectivity index (χ4n) is 1.15. The summed E-state index contributed by atoms with van der Waals surface area (Å²) in [7, 11) is 0. The van der Waals surface area contributed by atoms with Crippen LogP contribution in [0.3, 0.4) is 0 Å². The Hall–Kier alpha value is -0.800. The van der Waals surface area contributed by atoms with Crippen molar-refractivity contribution in [1.29, 1.82) is 0 Å². The van der Waals surface area contributed by atoms with Gasteiger partial charge in [0.15, 0.2) is 0 Å². The average Bonchev–Trinajstić information content (AvgIpc) is 2.62. The molecule has 0 aliphatic carbocycles. The van der Waals surface area contributed by atoms with Crippen LogP contribution in [0.4, 0.5) is 0 Å². The summed E-state index contributed by atoms with van der Waals surface area (Å²) in [6.45, 7) is 2.06. The van der Waals surface area contributed by atoms with E-state index in [-0.39, 0.29) is 0 Å². The van der Waals surface area contributed by atoms with Crippen LogP contribution in [-0.4, -0.2) is 4.98 Å². The maximum atomic E-state index is 4.33. The number of hydrogen-bond acceptors (Lipinski definition) is 3.